The van der Waals surface area contributed by atoms with Crippen LogP contribution in [-0.4, -0.2) is 41.5 Å². The zero-order chi connectivity index (χ0) is 22.7. The average Bonchev–Trinajstić information content (AvgIpc) is 2.98. The maximum atomic E-state index is 13.0. The van der Waals surface area contributed by atoms with E-state index < -0.39 is 17.7 Å². The summed E-state index contributed by atoms with van der Waals surface area (Å²) < 4.78 is 11.1. The van der Waals surface area contributed by atoms with Gasteiger partial charge in [-0.25, -0.2) is 0 Å². The second kappa shape index (κ2) is 9.43. The molecule has 2 aromatic rings. The fraction of sp³-hybridized carbons (Fsp3) is 0.333. The van der Waals surface area contributed by atoms with Gasteiger partial charge in [0.15, 0.2) is 0 Å². The summed E-state index contributed by atoms with van der Waals surface area (Å²) in [5.74, 6) is -0.665. The van der Waals surface area contributed by atoms with Crippen LogP contribution >= 0.6 is 11.6 Å². The number of aliphatic hydroxyl groups is 1. The van der Waals surface area contributed by atoms with Gasteiger partial charge in [-0.1, -0.05) is 36.7 Å². The zero-order valence-corrected chi connectivity index (χ0v) is 18.8. The third-order valence-electron chi connectivity index (χ3n) is 5.01. The Morgan fingerprint density at radius 2 is 1.87 bits per heavy atom. The number of benzene rings is 2. The van der Waals surface area contributed by atoms with Crippen LogP contribution in [0.4, 0.5) is 0 Å². The molecule has 0 spiro atoms. The summed E-state index contributed by atoms with van der Waals surface area (Å²) in [6, 6.07) is 11.2. The monoisotopic (exact) mass is 443 g/mol. The number of hydrogen-bond acceptors (Lipinski definition) is 5. The van der Waals surface area contributed by atoms with Crippen LogP contribution in [0.5, 0.6) is 11.5 Å². The van der Waals surface area contributed by atoms with Crippen LogP contribution in [0.25, 0.3) is 5.76 Å². The van der Waals surface area contributed by atoms with Gasteiger partial charge >= 0.3 is 0 Å². The number of carbonyl (C=O) groups is 2. The normalized spacial score (nSPS) is 18.0. The number of ether oxygens (including phenoxy) is 2. The molecule has 0 aromatic heterocycles. The Balaban J connectivity index is 2.22. The van der Waals surface area contributed by atoms with Crippen molar-refractivity contribution < 1.29 is 24.2 Å². The predicted octanol–water partition coefficient (Wildman–Crippen LogP) is 4.97. The van der Waals surface area contributed by atoms with Gasteiger partial charge in [-0.15, -0.1) is 0 Å². The van der Waals surface area contributed by atoms with E-state index >= 15 is 0 Å². The van der Waals surface area contributed by atoms with Gasteiger partial charge in [0.05, 0.1) is 29.9 Å². The molecule has 1 amide bonds. The van der Waals surface area contributed by atoms with E-state index in [0.29, 0.717) is 35.6 Å². The molecular weight excluding hydrogens is 418 g/mol. The van der Waals surface area contributed by atoms with E-state index in [0.717, 1.165) is 0 Å². The van der Waals surface area contributed by atoms with Gasteiger partial charge in [-0.3, -0.25) is 9.59 Å². The van der Waals surface area contributed by atoms with Crippen molar-refractivity contribution in [2.45, 2.75) is 39.3 Å². The molecule has 1 atom stereocenters. The second-order valence-electron chi connectivity index (χ2n) is 7.55. The number of nitrogens with zero attached hydrogens (tertiary/aromatic N) is 1. The number of Topliss-reactive ketones (excluding diaryl/α,β-unsaturated/α-hetero) is 1. The SMILES string of the molecule is CCCN1C(=O)C(=O)/C(=C(\O)c2ccc(OC)c(Cl)c2)C1c1ccccc1OC(C)C. The summed E-state index contributed by atoms with van der Waals surface area (Å²) in [6.07, 6.45) is 0.556. The summed E-state index contributed by atoms with van der Waals surface area (Å²) in [7, 11) is 1.49. The van der Waals surface area contributed by atoms with E-state index in [4.69, 9.17) is 21.1 Å². The highest BCUT2D eigenvalue weighted by Crippen LogP contribution is 2.43. The fourth-order valence-corrected chi connectivity index (χ4v) is 3.97. The molecule has 31 heavy (non-hydrogen) atoms. The lowest BCUT2D eigenvalue weighted by atomic mass is 9.94. The van der Waals surface area contributed by atoms with Crippen molar-refractivity contribution >= 4 is 29.1 Å². The molecule has 1 N–H and O–H groups in total. The minimum absolute atomic E-state index is 0.0134. The molecule has 1 fully saturated rings. The van der Waals surface area contributed by atoms with E-state index in [-0.39, 0.29) is 22.5 Å². The Bertz CT molecular complexity index is 1030. The lowest BCUT2D eigenvalue weighted by molar-refractivity contribution is -0.139. The number of likely N-dealkylation sites (tertiary alicyclic amines) is 1. The summed E-state index contributed by atoms with van der Waals surface area (Å²) in [4.78, 5) is 27.4. The fourth-order valence-electron chi connectivity index (χ4n) is 3.71. The van der Waals surface area contributed by atoms with Crippen molar-refractivity contribution in [2.24, 2.45) is 0 Å². The highest BCUT2D eigenvalue weighted by atomic mass is 35.5. The van der Waals surface area contributed by atoms with Crippen molar-refractivity contribution in [3.05, 3.63) is 64.2 Å². The molecule has 1 unspecified atom stereocenters. The minimum Gasteiger partial charge on any atom is -0.507 e. The van der Waals surface area contributed by atoms with Gasteiger partial charge < -0.3 is 19.5 Å². The minimum atomic E-state index is -0.768. The number of methoxy groups -OCH3 is 1. The Kier molecular flexibility index (Phi) is 6.91. The largest absolute Gasteiger partial charge is 0.507 e. The number of rotatable bonds is 7. The topological polar surface area (TPSA) is 76.1 Å². The van der Waals surface area contributed by atoms with Crippen molar-refractivity contribution in [1.29, 1.82) is 0 Å². The number of aliphatic hydroxyl groups excluding tert-OH is 1. The number of carbonyl (C=O) groups excluding carboxylic acids is 2. The molecule has 0 saturated carbocycles. The Morgan fingerprint density at radius 1 is 1.16 bits per heavy atom. The van der Waals surface area contributed by atoms with Crippen molar-refractivity contribution in [1.82, 2.24) is 4.90 Å². The van der Waals surface area contributed by atoms with E-state index in [9.17, 15) is 14.7 Å². The number of hydrogen-bond donors (Lipinski definition) is 1. The summed E-state index contributed by atoms with van der Waals surface area (Å²) in [6.45, 7) is 6.10. The van der Waals surface area contributed by atoms with E-state index in [1.54, 1.807) is 18.2 Å². The first-order valence-corrected chi connectivity index (χ1v) is 10.6. The maximum Gasteiger partial charge on any atom is 0.295 e. The van der Waals surface area contributed by atoms with Crippen LogP contribution in [0.2, 0.25) is 5.02 Å². The predicted molar refractivity (Wildman–Crippen MR) is 120 cm³/mol. The van der Waals surface area contributed by atoms with E-state index in [2.05, 4.69) is 0 Å². The summed E-state index contributed by atoms with van der Waals surface area (Å²) in [5.41, 5.74) is 0.983. The van der Waals surface area contributed by atoms with Gasteiger partial charge in [0, 0.05) is 17.7 Å². The average molecular weight is 444 g/mol. The van der Waals surface area contributed by atoms with Crippen LogP contribution in [0, 0.1) is 0 Å². The second-order valence-corrected chi connectivity index (χ2v) is 7.95. The molecule has 0 aliphatic carbocycles. The lowest BCUT2D eigenvalue weighted by Gasteiger charge is -2.27. The first kappa shape index (κ1) is 22.7. The van der Waals surface area contributed by atoms with Crippen LogP contribution in [0.3, 0.4) is 0 Å². The van der Waals surface area contributed by atoms with Gasteiger partial charge in [0.1, 0.15) is 17.3 Å². The molecule has 1 aliphatic rings. The number of ketones is 1. The van der Waals surface area contributed by atoms with Crippen LogP contribution in [-0.2, 0) is 9.59 Å². The van der Waals surface area contributed by atoms with Gasteiger partial charge in [-0.05, 0) is 44.5 Å². The molecule has 0 radical (unpaired) electrons. The molecule has 1 aliphatic heterocycles. The smallest absolute Gasteiger partial charge is 0.295 e. The molecule has 7 heteroatoms. The Morgan fingerprint density at radius 3 is 2.48 bits per heavy atom. The molecule has 2 aromatic carbocycles. The zero-order valence-electron chi connectivity index (χ0n) is 18.0. The van der Waals surface area contributed by atoms with Gasteiger partial charge in [0.25, 0.3) is 11.7 Å². The Labute approximate surface area is 187 Å². The first-order chi connectivity index (χ1) is 14.8. The quantitative estimate of drug-likeness (QED) is 0.371. The standard InChI is InChI=1S/C24H26ClNO5/c1-5-12-26-21(16-8-6-7-9-18(16)31-14(2)3)20(23(28)24(26)29)22(27)15-10-11-19(30-4)17(25)13-15/h6-11,13-14,21,27H,5,12H2,1-4H3/b22-20-. The van der Waals surface area contributed by atoms with E-state index in [1.807, 2.05) is 39.0 Å². The molecule has 164 valence electrons. The number of halogens is 1. The summed E-state index contributed by atoms with van der Waals surface area (Å²) in [5, 5.41) is 11.4. The summed E-state index contributed by atoms with van der Waals surface area (Å²) >= 11 is 6.22. The highest BCUT2D eigenvalue weighted by Gasteiger charge is 2.46. The number of para-hydroxylation sites is 1. The van der Waals surface area contributed by atoms with Gasteiger partial charge in [0.2, 0.25) is 0 Å². The molecule has 6 nitrogen and oxygen atoms in total. The molecule has 1 heterocycles. The highest BCUT2D eigenvalue weighted by molar-refractivity contribution is 6.46. The Hall–Kier alpha value is -2.99. The number of amides is 1. The van der Waals surface area contributed by atoms with E-state index in [1.165, 1.54) is 18.1 Å². The van der Waals surface area contributed by atoms with Crippen molar-refractivity contribution in [3.63, 3.8) is 0 Å². The third kappa shape index (κ3) is 4.39. The molecular formula is C24H26ClNO5. The maximum absolute atomic E-state index is 13.0. The van der Waals surface area contributed by atoms with Gasteiger partial charge in [-0.2, -0.15) is 0 Å². The van der Waals surface area contributed by atoms with Crippen LogP contribution < -0.4 is 9.47 Å². The first-order valence-electron chi connectivity index (χ1n) is 10.2. The molecule has 1 saturated heterocycles. The van der Waals surface area contributed by atoms with Crippen molar-refractivity contribution in [3.8, 4) is 11.5 Å². The molecule has 3 rings (SSSR count). The lowest BCUT2D eigenvalue weighted by Crippen LogP contribution is -2.30. The van der Waals surface area contributed by atoms with Crippen LogP contribution in [0.1, 0.15) is 44.4 Å². The van der Waals surface area contributed by atoms with Crippen molar-refractivity contribution in [2.75, 3.05) is 13.7 Å². The van der Waals surface area contributed by atoms with Crippen LogP contribution in [0.15, 0.2) is 48.0 Å². The molecule has 0 bridgehead atoms. The third-order valence-corrected chi connectivity index (χ3v) is 5.30.